The Bertz CT molecular complexity index is 693. The molecular formula is C14H19FN2O5S. The Balaban J connectivity index is 2.33. The summed E-state index contributed by atoms with van der Waals surface area (Å²) in [6.45, 7) is 0.502. The van der Waals surface area contributed by atoms with Gasteiger partial charge in [0.15, 0.2) is 11.5 Å². The molecule has 0 radical (unpaired) electrons. The largest absolute Gasteiger partial charge is 0.493 e. The number of halogens is 1. The molecule has 1 saturated heterocycles. The van der Waals surface area contributed by atoms with E-state index in [-0.39, 0.29) is 11.5 Å². The lowest BCUT2D eigenvalue weighted by atomic mass is 10.1. The number of hydrogen-bond donors (Lipinski definition) is 2. The summed E-state index contributed by atoms with van der Waals surface area (Å²) in [7, 11) is -1.58. The van der Waals surface area contributed by atoms with Crippen LogP contribution in [0.25, 0.3) is 0 Å². The number of rotatable bonds is 5. The van der Waals surface area contributed by atoms with Gasteiger partial charge in [0.25, 0.3) is 0 Å². The van der Waals surface area contributed by atoms with Crippen LogP contribution < -0.4 is 19.5 Å². The third-order valence-electron chi connectivity index (χ3n) is 3.56. The second kappa shape index (κ2) is 7.14. The van der Waals surface area contributed by atoms with Gasteiger partial charge in [-0.15, -0.1) is 0 Å². The van der Waals surface area contributed by atoms with Crippen LogP contribution in [-0.4, -0.2) is 41.1 Å². The molecule has 7 nitrogen and oxygen atoms in total. The highest BCUT2D eigenvalue weighted by Crippen LogP contribution is 2.32. The number of carbonyl (C=O) groups is 1. The summed E-state index contributed by atoms with van der Waals surface area (Å²) in [5.41, 5.74) is 0. The van der Waals surface area contributed by atoms with E-state index in [9.17, 15) is 17.6 Å². The molecule has 0 aliphatic carbocycles. The van der Waals surface area contributed by atoms with E-state index in [4.69, 9.17) is 9.47 Å². The maximum atomic E-state index is 14.1. The monoisotopic (exact) mass is 346 g/mol. The van der Waals surface area contributed by atoms with Gasteiger partial charge in [0, 0.05) is 18.7 Å². The molecule has 0 aromatic heterocycles. The van der Waals surface area contributed by atoms with Gasteiger partial charge in [-0.2, -0.15) is 4.72 Å². The van der Waals surface area contributed by atoms with Crippen molar-refractivity contribution in [1.29, 1.82) is 0 Å². The van der Waals surface area contributed by atoms with Crippen LogP contribution in [0.5, 0.6) is 11.5 Å². The second-order valence-electron chi connectivity index (χ2n) is 5.10. The third-order valence-corrected chi connectivity index (χ3v) is 5.05. The molecule has 128 valence electrons. The van der Waals surface area contributed by atoms with Crippen molar-refractivity contribution >= 4 is 15.9 Å². The molecule has 1 aromatic carbocycles. The van der Waals surface area contributed by atoms with Crippen LogP contribution in [-0.2, 0) is 14.8 Å². The van der Waals surface area contributed by atoms with E-state index in [1.807, 2.05) is 0 Å². The minimum Gasteiger partial charge on any atom is -0.493 e. The fourth-order valence-corrected chi connectivity index (χ4v) is 3.65. The van der Waals surface area contributed by atoms with Gasteiger partial charge in [-0.1, -0.05) is 0 Å². The van der Waals surface area contributed by atoms with Gasteiger partial charge in [-0.25, -0.2) is 12.8 Å². The van der Waals surface area contributed by atoms with Crippen molar-refractivity contribution in [3.8, 4) is 11.5 Å². The minimum absolute atomic E-state index is 0.0798. The zero-order chi connectivity index (χ0) is 17.0. The predicted octanol–water partition coefficient (Wildman–Crippen LogP) is 0.790. The molecule has 1 heterocycles. The average molecular weight is 346 g/mol. The van der Waals surface area contributed by atoms with E-state index in [1.54, 1.807) is 0 Å². The molecule has 1 aliphatic heterocycles. The van der Waals surface area contributed by atoms with Crippen LogP contribution in [0.2, 0.25) is 0 Å². The first-order valence-corrected chi connectivity index (χ1v) is 8.59. The number of carbonyl (C=O) groups excluding carboxylic acids is 1. The van der Waals surface area contributed by atoms with Crippen LogP contribution >= 0.6 is 0 Å². The molecule has 0 saturated carbocycles. The molecule has 1 aromatic rings. The van der Waals surface area contributed by atoms with Gasteiger partial charge in [-0.05, 0) is 19.3 Å². The zero-order valence-electron chi connectivity index (χ0n) is 12.9. The molecule has 1 atom stereocenters. The molecule has 23 heavy (non-hydrogen) atoms. The molecule has 1 fully saturated rings. The number of ether oxygens (including phenoxy) is 2. The van der Waals surface area contributed by atoms with Crippen molar-refractivity contribution in [2.24, 2.45) is 0 Å². The molecule has 2 N–H and O–H groups in total. The highest BCUT2D eigenvalue weighted by Gasteiger charge is 2.29. The summed E-state index contributed by atoms with van der Waals surface area (Å²) in [6, 6.07) is 1.04. The average Bonchev–Trinajstić information content (AvgIpc) is 2.71. The first-order chi connectivity index (χ1) is 10.9. The van der Waals surface area contributed by atoms with Crippen LogP contribution in [0.1, 0.15) is 19.3 Å². The predicted molar refractivity (Wildman–Crippen MR) is 80.5 cm³/mol. The minimum atomic E-state index is -4.22. The Hall–Kier alpha value is -1.87. The van der Waals surface area contributed by atoms with Gasteiger partial charge < -0.3 is 14.8 Å². The van der Waals surface area contributed by atoms with E-state index in [0.29, 0.717) is 19.4 Å². The summed E-state index contributed by atoms with van der Waals surface area (Å²) < 4.78 is 51.1. The number of amides is 1. The first kappa shape index (κ1) is 17.5. The van der Waals surface area contributed by atoms with Gasteiger partial charge in [0.2, 0.25) is 15.9 Å². The van der Waals surface area contributed by atoms with Crippen molar-refractivity contribution in [3.05, 3.63) is 17.9 Å². The quantitative estimate of drug-likeness (QED) is 0.822. The Morgan fingerprint density at radius 2 is 1.87 bits per heavy atom. The molecule has 0 spiro atoms. The number of hydrogen-bond acceptors (Lipinski definition) is 5. The fraction of sp³-hybridized carbons (Fsp3) is 0.500. The van der Waals surface area contributed by atoms with E-state index in [2.05, 4.69) is 10.0 Å². The highest BCUT2D eigenvalue weighted by atomic mass is 32.2. The SMILES string of the molecule is COc1cc(F)c(S(=O)(=O)N[C@@H]2CCCCNC2=O)cc1OC. The zero-order valence-corrected chi connectivity index (χ0v) is 13.7. The van der Waals surface area contributed by atoms with E-state index in [0.717, 1.165) is 18.6 Å². The molecule has 9 heteroatoms. The second-order valence-corrected chi connectivity index (χ2v) is 6.78. The van der Waals surface area contributed by atoms with Gasteiger partial charge in [0.05, 0.1) is 14.2 Å². The summed E-state index contributed by atoms with van der Waals surface area (Å²) in [6.07, 6.45) is 1.83. The molecule has 0 bridgehead atoms. The molecule has 1 aliphatic rings. The van der Waals surface area contributed by atoms with Crippen LogP contribution in [0.3, 0.4) is 0 Å². The lowest BCUT2D eigenvalue weighted by Gasteiger charge is -2.17. The summed E-state index contributed by atoms with van der Waals surface area (Å²) in [5, 5.41) is 2.62. The Morgan fingerprint density at radius 3 is 2.52 bits per heavy atom. The van der Waals surface area contributed by atoms with E-state index in [1.165, 1.54) is 14.2 Å². The van der Waals surface area contributed by atoms with Gasteiger partial charge in [0.1, 0.15) is 16.8 Å². The number of methoxy groups -OCH3 is 2. The molecule has 2 rings (SSSR count). The number of nitrogens with one attached hydrogen (secondary N) is 2. The lowest BCUT2D eigenvalue weighted by molar-refractivity contribution is -0.122. The Kier molecular flexibility index (Phi) is 5.42. The van der Waals surface area contributed by atoms with Crippen LogP contribution in [0.4, 0.5) is 4.39 Å². The summed E-state index contributed by atoms with van der Waals surface area (Å²) in [4.78, 5) is 11.3. The van der Waals surface area contributed by atoms with E-state index >= 15 is 0 Å². The Morgan fingerprint density at radius 1 is 1.22 bits per heavy atom. The normalized spacial score (nSPS) is 18.9. The van der Waals surface area contributed by atoms with Crippen molar-refractivity contribution in [2.75, 3.05) is 20.8 Å². The fourth-order valence-electron chi connectivity index (χ4n) is 2.34. The first-order valence-electron chi connectivity index (χ1n) is 7.10. The number of benzene rings is 1. The summed E-state index contributed by atoms with van der Waals surface area (Å²) in [5.74, 6) is -1.23. The molecular weight excluding hydrogens is 327 g/mol. The maximum Gasteiger partial charge on any atom is 0.244 e. The van der Waals surface area contributed by atoms with Crippen molar-refractivity contribution < 1.29 is 27.1 Å². The lowest BCUT2D eigenvalue weighted by Crippen LogP contribution is -2.45. The highest BCUT2D eigenvalue weighted by molar-refractivity contribution is 7.89. The number of sulfonamides is 1. The van der Waals surface area contributed by atoms with Crippen LogP contribution in [0.15, 0.2) is 17.0 Å². The molecule has 0 unspecified atom stereocenters. The standard InChI is InChI=1S/C14H19FN2O5S/c1-21-11-7-9(15)13(8-12(11)22-2)23(19,20)17-10-5-3-4-6-16-14(10)18/h7-8,10,17H,3-6H2,1-2H3,(H,16,18)/t10-/m1/s1. The van der Waals surface area contributed by atoms with Crippen molar-refractivity contribution in [3.63, 3.8) is 0 Å². The van der Waals surface area contributed by atoms with Crippen molar-refractivity contribution in [1.82, 2.24) is 10.0 Å². The third kappa shape index (κ3) is 3.91. The smallest absolute Gasteiger partial charge is 0.244 e. The van der Waals surface area contributed by atoms with Crippen LogP contribution in [0, 0.1) is 5.82 Å². The van der Waals surface area contributed by atoms with Gasteiger partial charge >= 0.3 is 0 Å². The van der Waals surface area contributed by atoms with E-state index < -0.39 is 32.7 Å². The molecule has 1 amide bonds. The van der Waals surface area contributed by atoms with Gasteiger partial charge in [-0.3, -0.25) is 4.79 Å². The maximum absolute atomic E-state index is 14.1. The topological polar surface area (TPSA) is 93.7 Å². The Labute approximate surface area is 134 Å². The summed E-state index contributed by atoms with van der Waals surface area (Å²) >= 11 is 0. The van der Waals surface area contributed by atoms with Crippen molar-refractivity contribution in [2.45, 2.75) is 30.2 Å².